The molecule has 0 aromatic carbocycles. The van der Waals surface area contributed by atoms with Crippen LogP contribution in [0.2, 0.25) is 0 Å². The molecule has 2 aliphatic rings. The maximum absolute atomic E-state index is 6.13. The fourth-order valence-corrected chi connectivity index (χ4v) is 4.00. The van der Waals surface area contributed by atoms with Crippen LogP contribution in [0.1, 0.15) is 65.7 Å². The smallest absolute Gasteiger partial charge is 0.0578 e. The van der Waals surface area contributed by atoms with Gasteiger partial charge in [-0.1, -0.05) is 20.8 Å². The minimum absolute atomic E-state index is 0.535. The molecule has 0 bridgehead atoms. The molecule has 2 heteroatoms. The molecule has 3 atom stereocenters. The van der Waals surface area contributed by atoms with Crippen LogP contribution in [0.3, 0.4) is 0 Å². The first kappa shape index (κ1) is 16.3. The first-order valence-electron chi connectivity index (χ1n) is 8.82. The molecule has 0 aliphatic carbocycles. The van der Waals surface area contributed by atoms with Crippen molar-refractivity contribution < 1.29 is 9.47 Å². The lowest BCUT2D eigenvalue weighted by Gasteiger charge is -2.32. The van der Waals surface area contributed by atoms with Gasteiger partial charge in [-0.3, -0.25) is 0 Å². The molecule has 2 nitrogen and oxygen atoms in total. The van der Waals surface area contributed by atoms with Gasteiger partial charge in [0.1, 0.15) is 0 Å². The van der Waals surface area contributed by atoms with E-state index in [-0.39, 0.29) is 0 Å². The zero-order chi connectivity index (χ0) is 14.4. The predicted octanol–water partition coefficient (Wildman–Crippen LogP) is 4.67. The van der Waals surface area contributed by atoms with Crippen molar-refractivity contribution in [1.29, 1.82) is 0 Å². The third-order valence-corrected chi connectivity index (χ3v) is 5.01. The minimum Gasteiger partial charge on any atom is -0.381 e. The Hall–Kier alpha value is -0.0800. The number of hydrogen-bond acceptors (Lipinski definition) is 2. The van der Waals surface area contributed by atoms with Crippen LogP contribution in [0.4, 0.5) is 0 Å². The van der Waals surface area contributed by atoms with Crippen molar-refractivity contribution in [2.75, 3.05) is 19.8 Å². The number of hydrogen-bond donors (Lipinski definition) is 0. The van der Waals surface area contributed by atoms with E-state index >= 15 is 0 Å². The molecule has 0 aromatic heterocycles. The van der Waals surface area contributed by atoms with E-state index < -0.39 is 0 Å². The quantitative estimate of drug-likeness (QED) is 0.705. The fourth-order valence-electron chi connectivity index (χ4n) is 4.00. The lowest BCUT2D eigenvalue weighted by molar-refractivity contribution is -0.0336. The third kappa shape index (κ3) is 5.73. The van der Waals surface area contributed by atoms with Crippen molar-refractivity contribution in [3.63, 3.8) is 0 Å². The summed E-state index contributed by atoms with van der Waals surface area (Å²) in [4.78, 5) is 0. The summed E-state index contributed by atoms with van der Waals surface area (Å²) in [7, 11) is 0. The van der Waals surface area contributed by atoms with Gasteiger partial charge >= 0.3 is 0 Å². The summed E-state index contributed by atoms with van der Waals surface area (Å²) < 4.78 is 11.6. The first-order valence-corrected chi connectivity index (χ1v) is 8.82. The van der Waals surface area contributed by atoms with E-state index in [1.807, 2.05) is 0 Å². The van der Waals surface area contributed by atoms with E-state index in [1.165, 1.54) is 44.9 Å². The summed E-state index contributed by atoms with van der Waals surface area (Å²) in [6.45, 7) is 10.0. The van der Waals surface area contributed by atoms with Crippen molar-refractivity contribution in [2.24, 2.45) is 23.7 Å². The van der Waals surface area contributed by atoms with Crippen LogP contribution in [-0.2, 0) is 9.47 Å². The lowest BCUT2D eigenvalue weighted by Crippen LogP contribution is -2.29. The minimum atomic E-state index is 0.535. The summed E-state index contributed by atoms with van der Waals surface area (Å²) in [6.07, 6.45) is 9.73. The van der Waals surface area contributed by atoms with Crippen LogP contribution < -0.4 is 0 Å². The lowest BCUT2D eigenvalue weighted by atomic mass is 9.84. The topological polar surface area (TPSA) is 18.5 Å². The molecular formula is C18H34O2. The van der Waals surface area contributed by atoms with E-state index in [2.05, 4.69) is 20.8 Å². The molecule has 0 saturated carbocycles. The second-order valence-electron chi connectivity index (χ2n) is 7.66. The van der Waals surface area contributed by atoms with Crippen molar-refractivity contribution in [2.45, 2.75) is 71.8 Å². The molecule has 0 amide bonds. The molecule has 2 heterocycles. The zero-order valence-electron chi connectivity index (χ0n) is 13.8. The Bertz CT molecular complexity index is 250. The van der Waals surface area contributed by atoms with Crippen molar-refractivity contribution in [3.05, 3.63) is 0 Å². The van der Waals surface area contributed by atoms with Crippen LogP contribution >= 0.6 is 0 Å². The van der Waals surface area contributed by atoms with E-state index in [9.17, 15) is 0 Å². The SMILES string of the molecule is CC(C)CC1CCC(CC(C)CC2CCOCC2)OC1. The van der Waals surface area contributed by atoms with Crippen LogP contribution in [0.5, 0.6) is 0 Å². The highest BCUT2D eigenvalue weighted by Gasteiger charge is 2.25. The Morgan fingerprint density at radius 1 is 0.850 bits per heavy atom. The molecule has 2 fully saturated rings. The molecule has 0 aromatic rings. The first-order chi connectivity index (χ1) is 9.63. The van der Waals surface area contributed by atoms with E-state index in [0.717, 1.165) is 43.5 Å². The van der Waals surface area contributed by atoms with Crippen LogP contribution in [0.25, 0.3) is 0 Å². The Balaban J connectivity index is 1.61. The van der Waals surface area contributed by atoms with Crippen LogP contribution in [-0.4, -0.2) is 25.9 Å². The number of ether oxygens (including phenoxy) is 2. The van der Waals surface area contributed by atoms with Gasteiger partial charge in [0.2, 0.25) is 0 Å². The Morgan fingerprint density at radius 3 is 2.20 bits per heavy atom. The summed E-state index contributed by atoms with van der Waals surface area (Å²) in [5, 5.41) is 0. The molecule has 2 aliphatic heterocycles. The molecular weight excluding hydrogens is 248 g/mol. The van der Waals surface area contributed by atoms with Gasteiger partial charge in [-0.25, -0.2) is 0 Å². The summed E-state index contributed by atoms with van der Waals surface area (Å²) >= 11 is 0. The Labute approximate surface area is 125 Å². The van der Waals surface area contributed by atoms with Gasteiger partial charge in [-0.15, -0.1) is 0 Å². The highest BCUT2D eigenvalue weighted by molar-refractivity contribution is 4.75. The molecule has 2 rings (SSSR count). The molecule has 118 valence electrons. The van der Waals surface area contributed by atoms with Crippen LogP contribution in [0, 0.1) is 23.7 Å². The molecule has 0 spiro atoms. The molecule has 3 unspecified atom stereocenters. The average molecular weight is 282 g/mol. The molecule has 20 heavy (non-hydrogen) atoms. The van der Waals surface area contributed by atoms with Crippen molar-refractivity contribution in [1.82, 2.24) is 0 Å². The zero-order valence-corrected chi connectivity index (χ0v) is 13.8. The van der Waals surface area contributed by atoms with Crippen molar-refractivity contribution >= 4 is 0 Å². The van der Waals surface area contributed by atoms with Gasteiger partial charge in [0, 0.05) is 19.8 Å². The monoisotopic (exact) mass is 282 g/mol. The van der Waals surface area contributed by atoms with E-state index in [1.54, 1.807) is 0 Å². The molecule has 0 radical (unpaired) electrons. The van der Waals surface area contributed by atoms with Crippen LogP contribution in [0.15, 0.2) is 0 Å². The molecule has 0 N–H and O–H groups in total. The second kappa shape index (κ2) is 8.38. The number of rotatable bonds is 6. The highest BCUT2D eigenvalue weighted by atomic mass is 16.5. The Morgan fingerprint density at radius 2 is 1.60 bits per heavy atom. The van der Waals surface area contributed by atoms with Gasteiger partial charge < -0.3 is 9.47 Å². The second-order valence-corrected chi connectivity index (χ2v) is 7.66. The van der Waals surface area contributed by atoms with Crippen molar-refractivity contribution in [3.8, 4) is 0 Å². The Kier molecular flexibility index (Phi) is 6.83. The van der Waals surface area contributed by atoms with E-state index in [4.69, 9.17) is 9.47 Å². The standard InChI is InChI=1S/C18H34O2/c1-14(2)10-17-4-5-18(20-13-17)12-15(3)11-16-6-8-19-9-7-16/h14-18H,4-13H2,1-3H3. The summed E-state index contributed by atoms with van der Waals surface area (Å²) in [5.41, 5.74) is 0. The highest BCUT2D eigenvalue weighted by Crippen LogP contribution is 2.30. The maximum atomic E-state index is 6.13. The van der Waals surface area contributed by atoms with Gasteiger partial charge in [0.25, 0.3) is 0 Å². The summed E-state index contributed by atoms with van der Waals surface area (Å²) in [6, 6.07) is 0. The van der Waals surface area contributed by atoms with Gasteiger partial charge in [-0.05, 0) is 68.6 Å². The largest absolute Gasteiger partial charge is 0.381 e. The average Bonchev–Trinajstić information content (AvgIpc) is 2.41. The van der Waals surface area contributed by atoms with Gasteiger partial charge in [0.15, 0.2) is 0 Å². The fraction of sp³-hybridized carbons (Fsp3) is 1.00. The van der Waals surface area contributed by atoms with E-state index in [0.29, 0.717) is 6.10 Å². The maximum Gasteiger partial charge on any atom is 0.0578 e. The van der Waals surface area contributed by atoms with Gasteiger partial charge in [-0.2, -0.15) is 0 Å². The third-order valence-electron chi connectivity index (χ3n) is 5.01. The normalized spacial score (nSPS) is 30.6. The van der Waals surface area contributed by atoms with Gasteiger partial charge in [0.05, 0.1) is 6.10 Å². The predicted molar refractivity (Wildman–Crippen MR) is 83.9 cm³/mol. The summed E-state index contributed by atoms with van der Waals surface area (Å²) in [5.74, 6) is 3.34. The molecule has 2 saturated heterocycles.